The number of aliphatic hydroxyl groups is 1. The molecule has 0 radical (unpaired) electrons. The smallest absolute Gasteiger partial charge is 0.220 e. The van der Waals surface area contributed by atoms with E-state index in [2.05, 4.69) is 5.32 Å². The number of carbonyl (C=O) groups is 1. The average Bonchev–Trinajstić information content (AvgIpc) is 2.18. The van der Waals surface area contributed by atoms with E-state index in [1.807, 2.05) is 13.2 Å². The molecule has 84 valence electrons. The van der Waals surface area contributed by atoms with Crippen molar-refractivity contribution in [2.24, 2.45) is 0 Å². The Bertz CT molecular complexity index is 153. The largest absolute Gasteiger partial charge is 0.393 e. The second-order valence-corrected chi connectivity index (χ2v) is 4.28. The van der Waals surface area contributed by atoms with Crippen molar-refractivity contribution in [3.05, 3.63) is 0 Å². The van der Waals surface area contributed by atoms with Crippen LogP contribution in [-0.4, -0.2) is 35.7 Å². The van der Waals surface area contributed by atoms with E-state index in [4.69, 9.17) is 0 Å². The normalized spacial score (nSPS) is 12.5. The molecule has 2 N–H and O–H groups in total. The molecule has 0 aliphatic carbocycles. The molecule has 0 aromatic rings. The SMILES string of the molecule is CCC(O)CCNC(=O)CCCSC. The summed E-state index contributed by atoms with van der Waals surface area (Å²) in [7, 11) is 0. The van der Waals surface area contributed by atoms with Crippen LogP contribution >= 0.6 is 11.8 Å². The van der Waals surface area contributed by atoms with Gasteiger partial charge in [0.2, 0.25) is 5.91 Å². The van der Waals surface area contributed by atoms with Gasteiger partial charge in [0.25, 0.3) is 0 Å². The predicted octanol–water partition coefficient (Wildman–Crippen LogP) is 1.41. The number of aliphatic hydroxyl groups excluding tert-OH is 1. The molecule has 0 heterocycles. The molecular formula is C10H21NO2S. The van der Waals surface area contributed by atoms with Crippen molar-refractivity contribution in [2.45, 2.75) is 38.7 Å². The van der Waals surface area contributed by atoms with Crippen LogP contribution in [0.5, 0.6) is 0 Å². The first-order chi connectivity index (χ1) is 6.70. The summed E-state index contributed by atoms with van der Waals surface area (Å²) in [4.78, 5) is 11.2. The van der Waals surface area contributed by atoms with E-state index in [1.54, 1.807) is 11.8 Å². The molecule has 0 aromatic heterocycles. The van der Waals surface area contributed by atoms with Gasteiger partial charge in [-0.1, -0.05) is 6.92 Å². The van der Waals surface area contributed by atoms with Crippen LogP contribution < -0.4 is 5.32 Å². The van der Waals surface area contributed by atoms with Crippen LogP contribution in [0.4, 0.5) is 0 Å². The fourth-order valence-electron chi connectivity index (χ4n) is 1.05. The minimum absolute atomic E-state index is 0.0994. The zero-order chi connectivity index (χ0) is 10.8. The zero-order valence-electron chi connectivity index (χ0n) is 9.08. The van der Waals surface area contributed by atoms with E-state index in [0.29, 0.717) is 19.4 Å². The van der Waals surface area contributed by atoms with Crippen LogP contribution in [0, 0.1) is 0 Å². The molecule has 0 spiro atoms. The number of amides is 1. The number of carbonyl (C=O) groups excluding carboxylic acids is 1. The maximum Gasteiger partial charge on any atom is 0.220 e. The molecule has 14 heavy (non-hydrogen) atoms. The molecule has 1 amide bonds. The highest BCUT2D eigenvalue weighted by Gasteiger charge is 2.03. The van der Waals surface area contributed by atoms with Crippen molar-refractivity contribution in [3.8, 4) is 0 Å². The third-order valence-electron chi connectivity index (χ3n) is 2.02. The third kappa shape index (κ3) is 8.38. The van der Waals surface area contributed by atoms with E-state index in [-0.39, 0.29) is 12.0 Å². The lowest BCUT2D eigenvalue weighted by atomic mass is 10.2. The maximum absolute atomic E-state index is 11.2. The van der Waals surface area contributed by atoms with Crippen molar-refractivity contribution in [3.63, 3.8) is 0 Å². The van der Waals surface area contributed by atoms with Crippen molar-refractivity contribution in [1.82, 2.24) is 5.32 Å². The first kappa shape index (κ1) is 13.8. The van der Waals surface area contributed by atoms with Crippen molar-refractivity contribution >= 4 is 17.7 Å². The fourth-order valence-corrected chi connectivity index (χ4v) is 1.48. The number of nitrogens with one attached hydrogen (secondary N) is 1. The Morgan fingerprint density at radius 3 is 2.86 bits per heavy atom. The number of hydrogen-bond acceptors (Lipinski definition) is 3. The van der Waals surface area contributed by atoms with E-state index in [0.717, 1.165) is 18.6 Å². The van der Waals surface area contributed by atoms with Gasteiger partial charge >= 0.3 is 0 Å². The second-order valence-electron chi connectivity index (χ2n) is 3.30. The van der Waals surface area contributed by atoms with E-state index in [1.165, 1.54) is 0 Å². The van der Waals surface area contributed by atoms with Gasteiger partial charge in [-0.2, -0.15) is 11.8 Å². The molecule has 0 rings (SSSR count). The highest BCUT2D eigenvalue weighted by molar-refractivity contribution is 7.98. The van der Waals surface area contributed by atoms with Crippen LogP contribution in [0.3, 0.4) is 0 Å². The van der Waals surface area contributed by atoms with Gasteiger partial charge in [0.05, 0.1) is 6.10 Å². The molecule has 4 heteroatoms. The summed E-state index contributed by atoms with van der Waals surface area (Å²) in [6.45, 7) is 2.53. The predicted molar refractivity (Wildman–Crippen MR) is 61.5 cm³/mol. The Morgan fingerprint density at radius 1 is 1.57 bits per heavy atom. The molecule has 1 unspecified atom stereocenters. The lowest BCUT2D eigenvalue weighted by Crippen LogP contribution is -2.26. The van der Waals surface area contributed by atoms with Crippen molar-refractivity contribution < 1.29 is 9.90 Å². The molecular weight excluding hydrogens is 198 g/mol. The third-order valence-corrected chi connectivity index (χ3v) is 2.72. The quantitative estimate of drug-likeness (QED) is 0.607. The Labute approximate surface area is 90.7 Å². The maximum atomic E-state index is 11.2. The van der Waals surface area contributed by atoms with E-state index < -0.39 is 0 Å². The van der Waals surface area contributed by atoms with Crippen LogP contribution in [0.1, 0.15) is 32.6 Å². The minimum Gasteiger partial charge on any atom is -0.393 e. The van der Waals surface area contributed by atoms with Gasteiger partial charge in [-0.3, -0.25) is 4.79 Å². The molecule has 0 aromatic carbocycles. The lowest BCUT2D eigenvalue weighted by molar-refractivity contribution is -0.121. The summed E-state index contributed by atoms with van der Waals surface area (Å²) in [5, 5.41) is 12.0. The molecule has 0 aliphatic rings. The van der Waals surface area contributed by atoms with Gasteiger partial charge in [0, 0.05) is 13.0 Å². The summed E-state index contributed by atoms with van der Waals surface area (Å²) < 4.78 is 0. The topological polar surface area (TPSA) is 49.3 Å². The zero-order valence-corrected chi connectivity index (χ0v) is 9.90. The molecule has 1 atom stereocenters. The lowest BCUT2D eigenvalue weighted by Gasteiger charge is -2.08. The summed E-state index contributed by atoms with van der Waals surface area (Å²) in [6, 6.07) is 0. The van der Waals surface area contributed by atoms with Crippen LogP contribution in [0.25, 0.3) is 0 Å². The minimum atomic E-state index is -0.276. The highest BCUT2D eigenvalue weighted by Crippen LogP contribution is 1.99. The number of rotatable bonds is 8. The highest BCUT2D eigenvalue weighted by atomic mass is 32.2. The number of hydrogen-bond donors (Lipinski definition) is 2. The Morgan fingerprint density at radius 2 is 2.29 bits per heavy atom. The van der Waals surface area contributed by atoms with Crippen molar-refractivity contribution in [2.75, 3.05) is 18.6 Å². The monoisotopic (exact) mass is 219 g/mol. The Balaban J connectivity index is 3.26. The van der Waals surface area contributed by atoms with Crippen LogP contribution in [0.15, 0.2) is 0 Å². The summed E-state index contributed by atoms with van der Waals surface area (Å²) in [5.41, 5.74) is 0. The summed E-state index contributed by atoms with van der Waals surface area (Å²) >= 11 is 1.76. The first-order valence-corrected chi connectivity index (χ1v) is 6.53. The average molecular weight is 219 g/mol. The Kier molecular flexibility index (Phi) is 9.19. The summed E-state index contributed by atoms with van der Waals surface area (Å²) in [5.74, 6) is 1.13. The van der Waals surface area contributed by atoms with Gasteiger partial charge < -0.3 is 10.4 Å². The van der Waals surface area contributed by atoms with Crippen LogP contribution in [-0.2, 0) is 4.79 Å². The van der Waals surface area contributed by atoms with Gasteiger partial charge in [0.1, 0.15) is 0 Å². The van der Waals surface area contributed by atoms with Gasteiger partial charge in [-0.15, -0.1) is 0 Å². The van der Waals surface area contributed by atoms with Gasteiger partial charge in [-0.25, -0.2) is 0 Å². The number of thioether (sulfide) groups is 1. The van der Waals surface area contributed by atoms with Gasteiger partial charge in [-0.05, 0) is 31.3 Å². The molecule has 0 saturated heterocycles. The fraction of sp³-hybridized carbons (Fsp3) is 0.900. The summed E-state index contributed by atoms with van der Waals surface area (Å²) in [6.07, 6.45) is 4.70. The molecule has 0 saturated carbocycles. The molecule has 0 fully saturated rings. The second kappa shape index (κ2) is 9.34. The Hall–Kier alpha value is -0.220. The molecule has 0 bridgehead atoms. The van der Waals surface area contributed by atoms with Gasteiger partial charge in [0.15, 0.2) is 0 Å². The molecule has 3 nitrogen and oxygen atoms in total. The van der Waals surface area contributed by atoms with E-state index in [9.17, 15) is 9.90 Å². The first-order valence-electron chi connectivity index (χ1n) is 5.14. The van der Waals surface area contributed by atoms with E-state index >= 15 is 0 Å². The standard InChI is InChI=1S/C10H21NO2S/c1-3-9(12)6-7-11-10(13)5-4-8-14-2/h9,12H,3-8H2,1-2H3,(H,11,13). The van der Waals surface area contributed by atoms with Crippen molar-refractivity contribution in [1.29, 1.82) is 0 Å². The van der Waals surface area contributed by atoms with Crippen LogP contribution in [0.2, 0.25) is 0 Å². The molecule has 0 aliphatic heterocycles.